The lowest BCUT2D eigenvalue weighted by molar-refractivity contribution is 0.00123. The quantitative estimate of drug-likeness (QED) is 0.901. The number of rotatable bonds is 5. The van der Waals surface area contributed by atoms with Crippen LogP contribution in [0.2, 0.25) is 0 Å². The summed E-state index contributed by atoms with van der Waals surface area (Å²) in [5, 5.41) is 10.3. The Hall–Kier alpha value is -2.29. The number of alkyl halides is 2. The van der Waals surface area contributed by atoms with Crippen molar-refractivity contribution in [2.45, 2.75) is 31.8 Å². The second kappa shape index (κ2) is 6.31. The summed E-state index contributed by atoms with van der Waals surface area (Å²) in [5.74, 6) is -1.37. The van der Waals surface area contributed by atoms with Crippen molar-refractivity contribution in [2.24, 2.45) is 7.05 Å². The number of aromatic nitrogens is 3. The number of amides is 1. The third-order valence-electron chi connectivity index (χ3n) is 4.18. The Bertz CT molecular complexity index is 735. The first-order valence-electron chi connectivity index (χ1n) is 7.58. The summed E-state index contributed by atoms with van der Waals surface area (Å²) >= 11 is 0. The standard InChI is InChI=1S/C15H18F2N4O3/c1-9-11(12(13(16)17)24-20-9)14(22)18-8-15(4-3-5-23-15)10-6-19-21(2)7-10/h6-7,13H,3-5,8H2,1-2H3,(H,18,22)/t15-/m1/s1. The molecule has 1 amide bonds. The molecular weight excluding hydrogens is 322 g/mol. The van der Waals surface area contributed by atoms with Gasteiger partial charge in [-0.1, -0.05) is 5.16 Å². The van der Waals surface area contributed by atoms with Crippen LogP contribution in [0.4, 0.5) is 8.78 Å². The smallest absolute Gasteiger partial charge is 0.298 e. The molecule has 3 rings (SSSR count). The van der Waals surface area contributed by atoms with E-state index in [4.69, 9.17) is 4.74 Å². The van der Waals surface area contributed by atoms with E-state index in [-0.39, 0.29) is 17.8 Å². The molecule has 7 nitrogen and oxygen atoms in total. The molecule has 2 aromatic heterocycles. The van der Waals surface area contributed by atoms with Crippen molar-refractivity contribution in [1.82, 2.24) is 20.3 Å². The van der Waals surface area contributed by atoms with Crippen LogP contribution in [0.5, 0.6) is 0 Å². The largest absolute Gasteiger partial charge is 0.368 e. The summed E-state index contributed by atoms with van der Waals surface area (Å²) in [4.78, 5) is 12.4. The topological polar surface area (TPSA) is 82.2 Å². The molecule has 1 saturated heterocycles. The molecule has 0 aromatic carbocycles. The van der Waals surface area contributed by atoms with Crippen LogP contribution in [-0.2, 0) is 17.4 Å². The first-order valence-corrected chi connectivity index (χ1v) is 7.58. The van der Waals surface area contributed by atoms with E-state index in [1.54, 1.807) is 17.9 Å². The Balaban J connectivity index is 1.79. The molecule has 0 spiro atoms. The number of ether oxygens (including phenoxy) is 1. The maximum Gasteiger partial charge on any atom is 0.298 e. The fourth-order valence-electron chi connectivity index (χ4n) is 2.95. The minimum Gasteiger partial charge on any atom is -0.368 e. The van der Waals surface area contributed by atoms with Crippen molar-refractivity contribution in [3.63, 3.8) is 0 Å². The molecule has 0 aliphatic carbocycles. The molecule has 0 saturated carbocycles. The number of hydrogen-bond acceptors (Lipinski definition) is 5. The van der Waals surface area contributed by atoms with Crippen molar-refractivity contribution in [1.29, 1.82) is 0 Å². The van der Waals surface area contributed by atoms with Gasteiger partial charge in [0.05, 0.1) is 18.4 Å². The van der Waals surface area contributed by atoms with Gasteiger partial charge in [-0.3, -0.25) is 9.48 Å². The van der Waals surface area contributed by atoms with Crippen LogP contribution in [-0.4, -0.2) is 34.0 Å². The average Bonchev–Trinajstić information content (AvgIpc) is 3.24. The maximum absolute atomic E-state index is 12.9. The Morgan fingerprint density at radius 2 is 2.33 bits per heavy atom. The average molecular weight is 340 g/mol. The highest BCUT2D eigenvalue weighted by Gasteiger charge is 2.39. The van der Waals surface area contributed by atoms with E-state index in [0.29, 0.717) is 13.0 Å². The van der Waals surface area contributed by atoms with Crippen molar-refractivity contribution < 1.29 is 22.8 Å². The summed E-state index contributed by atoms with van der Waals surface area (Å²) in [5.41, 5.74) is 0.0637. The number of nitrogens with one attached hydrogen (secondary N) is 1. The van der Waals surface area contributed by atoms with Gasteiger partial charge >= 0.3 is 0 Å². The zero-order valence-electron chi connectivity index (χ0n) is 13.4. The van der Waals surface area contributed by atoms with E-state index < -0.39 is 23.7 Å². The number of halogens is 2. The normalized spacial score (nSPS) is 20.7. The number of nitrogens with zero attached hydrogens (tertiary/aromatic N) is 3. The van der Waals surface area contributed by atoms with E-state index in [0.717, 1.165) is 12.0 Å². The van der Waals surface area contributed by atoms with Gasteiger partial charge in [0, 0.05) is 25.4 Å². The van der Waals surface area contributed by atoms with Crippen molar-refractivity contribution >= 4 is 5.91 Å². The fraction of sp³-hybridized carbons (Fsp3) is 0.533. The zero-order valence-corrected chi connectivity index (χ0v) is 13.4. The summed E-state index contributed by atoms with van der Waals surface area (Å²) in [6, 6.07) is 0. The molecule has 0 radical (unpaired) electrons. The molecule has 1 aliphatic rings. The second-order valence-electron chi connectivity index (χ2n) is 5.84. The summed E-state index contributed by atoms with van der Waals surface area (Å²) in [6.07, 6.45) is 2.17. The Kier molecular flexibility index (Phi) is 4.35. The van der Waals surface area contributed by atoms with Gasteiger partial charge in [-0.2, -0.15) is 5.10 Å². The molecule has 9 heteroatoms. The van der Waals surface area contributed by atoms with Crippen LogP contribution >= 0.6 is 0 Å². The molecule has 0 bridgehead atoms. The molecule has 2 aromatic rings. The zero-order chi connectivity index (χ0) is 17.3. The van der Waals surface area contributed by atoms with Crippen LogP contribution in [0, 0.1) is 6.92 Å². The summed E-state index contributed by atoms with van der Waals surface area (Å²) in [6.45, 7) is 2.18. The molecule has 1 fully saturated rings. The highest BCUT2D eigenvalue weighted by Crippen LogP contribution is 2.35. The Labute approximate surface area is 136 Å². The lowest BCUT2D eigenvalue weighted by Gasteiger charge is -2.27. The minimum absolute atomic E-state index is 0.130. The van der Waals surface area contributed by atoms with Gasteiger partial charge < -0.3 is 14.6 Å². The lowest BCUT2D eigenvalue weighted by Crippen LogP contribution is -2.40. The first kappa shape index (κ1) is 16.6. The van der Waals surface area contributed by atoms with Crippen LogP contribution in [0.15, 0.2) is 16.9 Å². The van der Waals surface area contributed by atoms with Gasteiger partial charge in [0.15, 0.2) is 0 Å². The Morgan fingerprint density at radius 3 is 2.92 bits per heavy atom. The molecule has 24 heavy (non-hydrogen) atoms. The van der Waals surface area contributed by atoms with Crippen LogP contribution in [0.25, 0.3) is 0 Å². The van der Waals surface area contributed by atoms with Gasteiger partial charge in [-0.05, 0) is 19.8 Å². The molecule has 1 aliphatic heterocycles. The predicted molar refractivity (Wildman–Crippen MR) is 78.6 cm³/mol. The third kappa shape index (κ3) is 2.91. The molecule has 3 heterocycles. The highest BCUT2D eigenvalue weighted by molar-refractivity contribution is 5.96. The van der Waals surface area contributed by atoms with Crippen molar-refractivity contribution in [3.8, 4) is 0 Å². The number of aryl methyl sites for hydroxylation is 2. The molecular formula is C15H18F2N4O3. The maximum atomic E-state index is 12.9. The van der Waals surface area contributed by atoms with Gasteiger partial charge in [-0.15, -0.1) is 0 Å². The van der Waals surface area contributed by atoms with Crippen molar-refractivity contribution in [2.75, 3.05) is 13.2 Å². The third-order valence-corrected chi connectivity index (χ3v) is 4.18. The molecule has 130 valence electrons. The van der Waals surface area contributed by atoms with E-state index in [1.807, 2.05) is 6.20 Å². The van der Waals surface area contributed by atoms with Gasteiger partial charge in [0.1, 0.15) is 11.2 Å². The number of carbonyl (C=O) groups excluding carboxylic acids is 1. The second-order valence-corrected chi connectivity index (χ2v) is 5.84. The molecule has 1 N–H and O–H groups in total. The SMILES string of the molecule is Cc1noc(C(F)F)c1C(=O)NC[C@@]1(c2cnn(C)c2)CCCO1. The Morgan fingerprint density at radius 1 is 1.54 bits per heavy atom. The molecule has 0 unspecified atom stereocenters. The number of carbonyl (C=O) groups is 1. The first-order chi connectivity index (χ1) is 11.4. The monoisotopic (exact) mass is 340 g/mol. The van der Waals surface area contributed by atoms with E-state index in [1.165, 1.54) is 6.92 Å². The molecule has 1 atom stereocenters. The van der Waals surface area contributed by atoms with Gasteiger partial charge in [0.2, 0.25) is 5.76 Å². The fourth-order valence-corrected chi connectivity index (χ4v) is 2.95. The van der Waals surface area contributed by atoms with E-state index in [2.05, 4.69) is 20.1 Å². The highest BCUT2D eigenvalue weighted by atomic mass is 19.3. The summed E-state index contributed by atoms with van der Waals surface area (Å²) in [7, 11) is 1.79. The van der Waals surface area contributed by atoms with Crippen molar-refractivity contribution in [3.05, 3.63) is 35.0 Å². The van der Waals surface area contributed by atoms with Crippen LogP contribution < -0.4 is 5.32 Å². The van der Waals surface area contributed by atoms with E-state index >= 15 is 0 Å². The van der Waals surface area contributed by atoms with Crippen LogP contribution in [0.3, 0.4) is 0 Å². The minimum atomic E-state index is -2.90. The number of hydrogen-bond donors (Lipinski definition) is 1. The van der Waals surface area contributed by atoms with Crippen LogP contribution in [0.1, 0.15) is 46.6 Å². The van der Waals surface area contributed by atoms with E-state index in [9.17, 15) is 13.6 Å². The van der Waals surface area contributed by atoms with Gasteiger partial charge in [0.25, 0.3) is 12.3 Å². The van der Waals surface area contributed by atoms with Gasteiger partial charge in [-0.25, -0.2) is 8.78 Å². The lowest BCUT2D eigenvalue weighted by atomic mass is 9.93. The predicted octanol–water partition coefficient (Wildman–Crippen LogP) is 2.09. The summed E-state index contributed by atoms with van der Waals surface area (Å²) < 4.78 is 37.9.